The molecule has 1 aromatic rings. The number of carboxylic acid groups (broad SMARTS) is 1. The van der Waals surface area contributed by atoms with Crippen LogP contribution in [0.5, 0.6) is 5.75 Å². The minimum absolute atomic E-state index is 0.271. The number of amides is 1. The molecule has 0 radical (unpaired) electrons. The summed E-state index contributed by atoms with van der Waals surface area (Å²) < 4.78 is 10.7. The van der Waals surface area contributed by atoms with Gasteiger partial charge in [0.25, 0.3) is 5.91 Å². The predicted molar refractivity (Wildman–Crippen MR) is 79.6 cm³/mol. The highest BCUT2D eigenvalue weighted by molar-refractivity contribution is 5.86. The van der Waals surface area contributed by atoms with Crippen molar-refractivity contribution in [3.8, 4) is 5.75 Å². The molecule has 1 fully saturated rings. The van der Waals surface area contributed by atoms with Crippen LogP contribution in [0.15, 0.2) is 24.3 Å². The average Bonchev–Trinajstić information content (AvgIpc) is 3.01. The Morgan fingerprint density at radius 3 is 2.91 bits per heavy atom. The van der Waals surface area contributed by atoms with Crippen LogP contribution in [0.1, 0.15) is 25.3 Å². The Morgan fingerprint density at radius 1 is 1.45 bits per heavy atom. The summed E-state index contributed by atoms with van der Waals surface area (Å²) >= 11 is 0. The maximum atomic E-state index is 12.3. The zero-order valence-corrected chi connectivity index (χ0v) is 12.8. The van der Waals surface area contributed by atoms with Crippen LogP contribution in [-0.4, -0.2) is 47.7 Å². The van der Waals surface area contributed by atoms with Gasteiger partial charge in [-0.15, -0.1) is 0 Å². The number of likely N-dealkylation sites (tertiary alicyclic amines) is 1. The Labute approximate surface area is 129 Å². The second-order valence-electron chi connectivity index (χ2n) is 5.33. The van der Waals surface area contributed by atoms with Gasteiger partial charge in [-0.2, -0.15) is 0 Å². The van der Waals surface area contributed by atoms with E-state index in [1.54, 1.807) is 14.0 Å². The first-order valence-corrected chi connectivity index (χ1v) is 7.30. The SMILES string of the molecule is COc1cccc(CO[C@@H](C)C(=O)N2CCC[C@H]2C(=O)O)c1. The summed E-state index contributed by atoms with van der Waals surface area (Å²) in [6.45, 7) is 2.40. The Hall–Kier alpha value is -2.08. The van der Waals surface area contributed by atoms with Crippen molar-refractivity contribution in [2.24, 2.45) is 0 Å². The van der Waals surface area contributed by atoms with Crippen LogP contribution < -0.4 is 4.74 Å². The van der Waals surface area contributed by atoms with Gasteiger partial charge in [-0.05, 0) is 37.5 Å². The van der Waals surface area contributed by atoms with Crippen molar-refractivity contribution in [1.29, 1.82) is 0 Å². The molecule has 120 valence electrons. The number of methoxy groups -OCH3 is 1. The van der Waals surface area contributed by atoms with E-state index in [0.29, 0.717) is 19.4 Å². The number of nitrogens with zero attached hydrogens (tertiary/aromatic N) is 1. The highest BCUT2D eigenvalue weighted by atomic mass is 16.5. The third-order valence-electron chi connectivity index (χ3n) is 3.80. The number of carbonyl (C=O) groups is 2. The standard InChI is InChI=1S/C16H21NO5/c1-11(15(18)17-8-4-7-14(17)16(19)20)22-10-12-5-3-6-13(9-12)21-2/h3,5-6,9,11,14H,4,7-8,10H2,1-2H3,(H,19,20)/t11-,14-/m0/s1. The smallest absolute Gasteiger partial charge is 0.326 e. The second-order valence-corrected chi connectivity index (χ2v) is 5.33. The monoisotopic (exact) mass is 307 g/mol. The highest BCUT2D eigenvalue weighted by Crippen LogP contribution is 2.20. The number of benzene rings is 1. The second kappa shape index (κ2) is 7.26. The molecule has 6 nitrogen and oxygen atoms in total. The maximum Gasteiger partial charge on any atom is 0.326 e. The van der Waals surface area contributed by atoms with Crippen LogP contribution in [0, 0.1) is 0 Å². The third-order valence-corrected chi connectivity index (χ3v) is 3.80. The zero-order valence-electron chi connectivity index (χ0n) is 12.8. The molecule has 6 heteroatoms. The molecular weight excluding hydrogens is 286 g/mol. The van der Waals surface area contributed by atoms with Crippen molar-refractivity contribution in [2.75, 3.05) is 13.7 Å². The van der Waals surface area contributed by atoms with Crippen molar-refractivity contribution >= 4 is 11.9 Å². The van der Waals surface area contributed by atoms with Crippen LogP contribution in [0.3, 0.4) is 0 Å². The van der Waals surface area contributed by atoms with Gasteiger partial charge in [0, 0.05) is 6.54 Å². The molecule has 1 aliphatic rings. The van der Waals surface area contributed by atoms with E-state index < -0.39 is 18.1 Å². The summed E-state index contributed by atoms with van der Waals surface area (Å²) in [6.07, 6.45) is 0.542. The van der Waals surface area contributed by atoms with Crippen molar-refractivity contribution in [3.05, 3.63) is 29.8 Å². The van der Waals surface area contributed by atoms with E-state index in [1.165, 1.54) is 4.90 Å². The van der Waals surface area contributed by atoms with E-state index in [-0.39, 0.29) is 12.5 Å². The van der Waals surface area contributed by atoms with Gasteiger partial charge in [0.05, 0.1) is 13.7 Å². The van der Waals surface area contributed by atoms with Gasteiger partial charge in [-0.25, -0.2) is 4.79 Å². The van der Waals surface area contributed by atoms with E-state index in [1.807, 2.05) is 24.3 Å². The lowest BCUT2D eigenvalue weighted by Crippen LogP contribution is -2.45. The lowest BCUT2D eigenvalue weighted by atomic mass is 10.2. The minimum Gasteiger partial charge on any atom is -0.497 e. The molecule has 0 saturated carbocycles. The Morgan fingerprint density at radius 2 is 2.23 bits per heavy atom. The first-order chi connectivity index (χ1) is 10.5. The molecule has 22 heavy (non-hydrogen) atoms. The summed E-state index contributed by atoms with van der Waals surface area (Å²) in [5, 5.41) is 9.13. The fraction of sp³-hybridized carbons (Fsp3) is 0.500. The number of carbonyl (C=O) groups excluding carboxylic acids is 1. The molecule has 1 amide bonds. The highest BCUT2D eigenvalue weighted by Gasteiger charge is 2.36. The van der Waals surface area contributed by atoms with Crippen LogP contribution in [0.25, 0.3) is 0 Å². The average molecular weight is 307 g/mol. The number of rotatable bonds is 6. The molecule has 1 aromatic carbocycles. The van der Waals surface area contributed by atoms with Crippen molar-refractivity contribution < 1.29 is 24.2 Å². The molecular formula is C16H21NO5. The molecule has 1 saturated heterocycles. The lowest BCUT2D eigenvalue weighted by Gasteiger charge is -2.25. The van der Waals surface area contributed by atoms with Gasteiger partial charge in [0.1, 0.15) is 17.9 Å². The van der Waals surface area contributed by atoms with Gasteiger partial charge in [0.2, 0.25) is 0 Å². The van der Waals surface area contributed by atoms with Gasteiger partial charge < -0.3 is 19.5 Å². The normalized spacial score (nSPS) is 19.0. The largest absolute Gasteiger partial charge is 0.497 e. The summed E-state index contributed by atoms with van der Waals surface area (Å²) in [7, 11) is 1.59. The molecule has 2 atom stereocenters. The van der Waals surface area contributed by atoms with E-state index in [0.717, 1.165) is 11.3 Å². The van der Waals surface area contributed by atoms with E-state index in [9.17, 15) is 9.59 Å². The van der Waals surface area contributed by atoms with Crippen LogP contribution in [0.4, 0.5) is 0 Å². The topological polar surface area (TPSA) is 76.1 Å². The maximum absolute atomic E-state index is 12.3. The number of aliphatic carboxylic acids is 1. The molecule has 2 rings (SSSR count). The van der Waals surface area contributed by atoms with Crippen LogP contribution in [-0.2, 0) is 20.9 Å². The number of carboxylic acids is 1. The van der Waals surface area contributed by atoms with E-state index in [4.69, 9.17) is 14.6 Å². The van der Waals surface area contributed by atoms with Gasteiger partial charge in [-0.3, -0.25) is 4.79 Å². The van der Waals surface area contributed by atoms with E-state index in [2.05, 4.69) is 0 Å². The Kier molecular flexibility index (Phi) is 5.38. The van der Waals surface area contributed by atoms with Gasteiger partial charge in [-0.1, -0.05) is 12.1 Å². The molecule has 1 aliphatic heterocycles. The number of hydrogen-bond acceptors (Lipinski definition) is 4. The first kappa shape index (κ1) is 16.3. The fourth-order valence-electron chi connectivity index (χ4n) is 2.58. The summed E-state index contributed by atoms with van der Waals surface area (Å²) in [6, 6.07) is 6.68. The van der Waals surface area contributed by atoms with Crippen LogP contribution in [0.2, 0.25) is 0 Å². The zero-order chi connectivity index (χ0) is 16.1. The molecule has 1 heterocycles. The fourth-order valence-corrected chi connectivity index (χ4v) is 2.58. The predicted octanol–water partition coefficient (Wildman–Crippen LogP) is 1.68. The molecule has 0 spiro atoms. The Balaban J connectivity index is 1.92. The quantitative estimate of drug-likeness (QED) is 0.865. The van der Waals surface area contributed by atoms with Crippen molar-refractivity contribution in [3.63, 3.8) is 0 Å². The lowest BCUT2D eigenvalue weighted by molar-refractivity contribution is -0.153. The summed E-state index contributed by atoms with van der Waals surface area (Å²) in [4.78, 5) is 24.9. The number of hydrogen-bond donors (Lipinski definition) is 1. The summed E-state index contributed by atoms with van der Waals surface area (Å²) in [5.74, 6) is -0.496. The Bertz CT molecular complexity index is 545. The molecule has 0 aromatic heterocycles. The van der Waals surface area contributed by atoms with Crippen LogP contribution >= 0.6 is 0 Å². The molecule has 0 aliphatic carbocycles. The van der Waals surface area contributed by atoms with Gasteiger partial charge in [0.15, 0.2) is 0 Å². The minimum atomic E-state index is -0.953. The molecule has 0 unspecified atom stereocenters. The van der Waals surface area contributed by atoms with E-state index >= 15 is 0 Å². The van der Waals surface area contributed by atoms with Gasteiger partial charge >= 0.3 is 5.97 Å². The first-order valence-electron chi connectivity index (χ1n) is 7.30. The van der Waals surface area contributed by atoms with Crippen molar-refractivity contribution in [1.82, 2.24) is 4.90 Å². The molecule has 0 bridgehead atoms. The number of ether oxygens (including phenoxy) is 2. The van der Waals surface area contributed by atoms with Crippen molar-refractivity contribution in [2.45, 2.75) is 38.5 Å². The third kappa shape index (κ3) is 3.76. The summed E-state index contributed by atoms with van der Waals surface area (Å²) in [5.41, 5.74) is 0.898. The molecule has 1 N–H and O–H groups in total.